The highest BCUT2D eigenvalue weighted by Crippen LogP contribution is 2.30. The summed E-state index contributed by atoms with van der Waals surface area (Å²) >= 11 is 0. The Bertz CT molecular complexity index is 762. The van der Waals surface area contributed by atoms with Crippen LogP contribution in [-0.4, -0.2) is 36.0 Å². The molecule has 4 rings (SSSR count). The molecule has 26 heavy (non-hydrogen) atoms. The van der Waals surface area contributed by atoms with E-state index in [-0.39, 0.29) is 5.91 Å². The van der Waals surface area contributed by atoms with Crippen molar-refractivity contribution in [3.05, 3.63) is 54.1 Å². The van der Waals surface area contributed by atoms with Gasteiger partial charge in [0.05, 0.1) is 11.4 Å². The van der Waals surface area contributed by atoms with E-state index in [1.807, 2.05) is 36.4 Å². The number of nitrogens with one attached hydrogen (secondary N) is 2. The van der Waals surface area contributed by atoms with Crippen molar-refractivity contribution >= 4 is 23.0 Å². The van der Waals surface area contributed by atoms with Crippen LogP contribution in [0.1, 0.15) is 36.0 Å². The summed E-state index contributed by atoms with van der Waals surface area (Å²) in [5, 5.41) is 6.47. The van der Waals surface area contributed by atoms with Crippen LogP contribution in [0.3, 0.4) is 0 Å². The van der Waals surface area contributed by atoms with Crippen LogP contribution in [0.2, 0.25) is 0 Å². The molecule has 1 saturated carbocycles. The third kappa shape index (κ3) is 3.99. The average molecular weight is 350 g/mol. The number of nitrogen functional groups attached to an aromatic ring is 1. The van der Waals surface area contributed by atoms with Crippen molar-refractivity contribution in [3.8, 4) is 0 Å². The second-order valence-electron chi connectivity index (χ2n) is 7.30. The number of likely N-dealkylation sites (tertiary alicyclic amines) is 1. The molecule has 136 valence electrons. The van der Waals surface area contributed by atoms with Crippen LogP contribution in [0.15, 0.2) is 48.5 Å². The maximum Gasteiger partial charge on any atom is 0.255 e. The van der Waals surface area contributed by atoms with E-state index in [2.05, 4.69) is 15.5 Å². The van der Waals surface area contributed by atoms with Gasteiger partial charge in [0.15, 0.2) is 0 Å². The average Bonchev–Trinajstić information content (AvgIpc) is 3.50. The van der Waals surface area contributed by atoms with Gasteiger partial charge in [-0.1, -0.05) is 12.1 Å². The Hall–Kier alpha value is -2.53. The highest BCUT2D eigenvalue weighted by Gasteiger charge is 2.31. The first kappa shape index (κ1) is 16.9. The van der Waals surface area contributed by atoms with Crippen LogP contribution in [0.4, 0.5) is 17.1 Å². The van der Waals surface area contributed by atoms with Gasteiger partial charge in [0.1, 0.15) is 0 Å². The van der Waals surface area contributed by atoms with E-state index in [0.29, 0.717) is 23.0 Å². The maximum atomic E-state index is 12.4. The first-order chi connectivity index (χ1) is 12.7. The number of anilines is 3. The van der Waals surface area contributed by atoms with Gasteiger partial charge in [-0.2, -0.15) is 0 Å². The molecule has 2 aromatic rings. The number of benzene rings is 2. The van der Waals surface area contributed by atoms with Crippen LogP contribution < -0.4 is 16.4 Å². The molecule has 5 nitrogen and oxygen atoms in total. The molecule has 0 aromatic heterocycles. The Morgan fingerprint density at radius 2 is 1.65 bits per heavy atom. The topological polar surface area (TPSA) is 70.4 Å². The standard InChI is InChI=1S/C21H26N4O/c22-19-3-1-2-4-20(19)24-21(26)15-5-7-16(8-6-15)23-17-11-13-25(14-12-17)18-9-10-18/h1-8,17-18,23H,9-14,22H2,(H,24,26). The normalized spacial score (nSPS) is 18.5. The van der Waals surface area contributed by atoms with Crippen molar-refractivity contribution in [1.29, 1.82) is 0 Å². The van der Waals surface area contributed by atoms with E-state index in [1.54, 1.807) is 12.1 Å². The van der Waals surface area contributed by atoms with E-state index in [0.717, 1.165) is 11.7 Å². The molecule has 0 bridgehead atoms. The predicted molar refractivity (Wildman–Crippen MR) is 106 cm³/mol. The van der Waals surface area contributed by atoms with E-state index in [1.165, 1.54) is 38.8 Å². The van der Waals surface area contributed by atoms with Crippen molar-refractivity contribution in [1.82, 2.24) is 4.90 Å². The molecule has 1 aliphatic heterocycles. The molecule has 0 radical (unpaired) electrons. The number of amides is 1. The molecule has 5 heteroatoms. The fourth-order valence-corrected chi connectivity index (χ4v) is 3.61. The zero-order chi connectivity index (χ0) is 17.9. The number of rotatable bonds is 5. The van der Waals surface area contributed by atoms with Crippen molar-refractivity contribution in [2.24, 2.45) is 0 Å². The number of hydrogen-bond donors (Lipinski definition) is 3. The van der Waals surface area contributed by atoms with Crippen molar-refractivity contribution in [2.75, 3.05) is 29.5 Å². The molecule has 0 unspecified atom stereocenters. The lowest BCUT2D eigenvalue weighted by atomic mass is 10.0. The minimum atomic E-state index is -0.146. The molecule has 0 atom stereocenters. The summed E-state index contributed by atoms with van der Waals surface area (Å²) < 4.78 is 0. The van der Waals surface area contributed by atoms with Crippen molar-refractivity contribution < 1.29 is 4.79 Å². The van der Waals surface area contributed by atoms with Crippen LogP contribution in [0.25, 0.3) is 0 Å². The summed E-state index contributed by atoms with van der Waals surface area (Å²) in [6.45, 7) is 2.39. The smallest absolute Gasteiger partial charge is 0.255 e. The Morgan fingerprint density at radius 1 is 0.962 bits per heavy atom. The van der Waals surface area contributed by atoms with Gasteiger partial charge in [0, 0.05) is 36.4 Å². The van der Waals surface area contributed by atoms with Gasteiger partial charge in [-0.3, -0.25) is 4.79 Å². The molecule has 2 aromatic carbocycles. The summed E-state index contributed by atoms with van der Waals surface area (Å²) in [4.78, 5) is 15.0. The molecule has 2 fully saturated rings. The SMILES string of the molecule is Nc1ccccc1NC(=O)c1ccc(NC2CCN(C3CC3)CC2)cc1. The largest absolute Gasteiger partial charge is 0.397 e. The lowest BCUT2D eigenvalue weighted by molar-refractivity contribution is 0.102. The maximum absolute atomic E-state index is 12.4. The quantitative estimate of drug-likeness (QED) is 0.721. The van der Waals surface area contributed by atoms with E-state index >= 15 is 0 Å². The number of hydrogen-bond acceptors (Lipinski definition) is 4. The van der Waals surface area contributed by atoms with Gasteiger partial charge < -0.3 is 21.3 Å². The minimum Gasteiger partial charge on any atom is -0.397 e. The van der Waals surface area contributed by atoms with Gasteiger partial charge in [-0.25, -0.2) is 0 Å². The Labute approximate surface area is 154 Å². The molecule has 2 aliphatic rings. The van der Waals surface area contributed by atoms with Gasteiger partial charge in [0.2, 0.25) is 0 Å². The zero-order valence-corrected chi connectivity index (χ0v) is 14.9. The molecule has 1 heterocycles. The third-order valence-corrected chi connectivity index (χ3v) is 5.32. The summed E-state index contributed by atoms with van der Waals surface area (Å²) in [6.07, 6.45) is 5.14. The summed E-state index contributed by atoms with van der Waals surface area (Å²) in [7, 11) is 0. The van der Waals surface area contributed by atoms with E-state index in [9.17, 15) is 4.79 Å². The predicted octanol–water partition coefficient (Wildman–Crippen LogP) is 3.56. The molecule has 1 aliphatic carbocycles. The summed E-state index contributed by atoms with van der Waals surface area (Å²) in [6, 6.07) is 16.4. The lowest BCUT2D eigenvalue weighted by Crippen LogP contribution is -2.40. The lowest BCUT2D eigenvalue weighted by Gasteiger charge is -2.32. The molecule has 4 N–H and O–H groups in total. The minimum absolute atomic E-state index is 0.146. The molecular formula is C21H26N4O. The molecule has 1 amide bonds. The Morgan fingerprint density at radius 3 is 2.31 bits per heavy atom. The number of nitrogens with two attached hydrogens (primary N) is 1. The van der Waals surface area contributed by atoms with Gasteiger partial charge >= 0.3 is 0 Å². The Kier molecular flexibility index (Phi) is 4.80. The number of piperidine rings is 1. The highest BCUT2D eigenvalue weighted by atomic mass is 16.1. The van der Waals surface area contributed by atoms with Gasteiger partial charge in [-0.15, -0.1) is 0 Å². The number of para-hydroxylation sites is 2. The summed E-state index contributed by atoms with van der Waals surface area (Å²) in [5.41, 5.74) is 8.79. The zero-order valence-electron chi connectivity index (χ0n) is 14.9. The molecule has 1 saturated heterocycles. The summed E-state index contributed by atoms with van der Waals surface area (Å²) in [5.74, 6) is -0.146. The number of nitrogens with zero attached hydrogens (tertiary/aromatic N) is 1. The monoisotopic (exact) mass is 350 g/mol. The first-order valence-corrected chi connectivity index (χ1v) is 9.45. The van der Waals surface area contributed by atoms with Crippen LogP contribution >= 0.6 is 0 Å². The van der Waals surface area contributed by atoms with E-state index in [4.69, 9.17) is 5.73 Å². The van der Waals surface area contributed by atoms with Gasteiger partial charge in [0.25, 0.3) is 5.91 Å². The van der Waals surface area contributed by atoms with E-state index < -0.39 is 0 Å². The number of carbonyl (C=O) groups is 1. The first-order valence-electron chi connectivity index (χ1n) is 9.45. The molecule has 0 spiro atoms. The third-order valence-electron chi connectivity index (χ3n) is 5.32. The Balaban J connectivity index is 1.31. The van der Waals surface area contributed by atoms with Crippen molar-refractivity contribution in [3.63, 3.8) is 0 Å². The fraction of sp³-hybridized carbons (Fsp3) is 0.381. The second-order valence-corrected chi connectivity index (χ2v) is 7.30. The fourth-order valence-electron chi connectivity index (χ4n) is 3.61. The van der Waals surface area contributed by atoms with Crippen LogP contribution in [0, 0.1) is 0 Å². The number of carbonyl (C=O) groups excluding carboxylic acids is 1. The van der Waals surface area contributed by atoms with Crippen LogP contribution in [0.5, 0.6) is 0 Å². The second kappa shape index (κ2) is 7.38. The van der Waals surface area contributed by atoms with Gasteiger partial charge in [-0.05, 0) is 62.1 Å². The highest BCUT2D eigenvalue weighted by molar-refractivity contribution is 6.05. The van der Waals surface area contributed by atoms with Crippen molar-refractivity contribution in [2.45, 2.75) is 37.8 Å². The molecular weight excluding hydrogens is 324 g/mol. The van der Waals surface area contributed by atoms with Crippen LogP contribution in [-0.2, 0) is 0 Å².